The number of esters is 2. The van der Waals surface area contributed by atoms with Crippen molar-refractivity contribution < 1.29 is 23.9 Å². The minimum absolute atomic E-state index is 0.0688. The fourth-order valence-corrected chi connectivity index (χ4v) is 5.03. The van der Waals surface area contributed by atoms with Crippen molar-refractivity contribution in [3.8, 4) is 0 Å². The molecule has 0 spiro atoms. The first kappa shape index (κ1) is 22.8. The summed E-state index contributed by atoms with van der Waals surface area (Å²) in [5.41, 5.74) is 8.40. The van der Waals surface area contributed by atoms with E-state index < -0.39 is 24.1 Å². The van der Waals surface area contributed by atoms with E-state index in [0.717, 1.165) is 11.1 Å². The van der Waals surface area contributed by atoms with Crippen LogP contribution in [0.4, 0.5) is 0 Å². The number of carbonyl (C=O) groups excluding carboxylic acids is 3. The van der Waals surface area contributed by atoms with Gasteiger partial charge in [-0.05, 0) is 22.8 Å². The van der Waals surface area contributed by atoms with Crippen LogP contribution in [-0.4, -0.2) is 46.5 Å². The number of ether oxygens (including phenoxy) is 2. The Morgan fingerprint density at radius 1 is 1.12 bits per heavy atom. The molecule has 0 aliphatic carbocycles. The van der Waals surface area contributed by atoms with Gasteiger partial charge in [0, 0.05) is 12.7 Å². The summed E-state index contributed by atoms with van der Waals surface area (Å²) >= 11 is 1.49. The molecule has 170 valence electrons. The molecule has 2 atom stereocenters. The van der Waals surface area contributed by atoms with E-state index in [4.69, 9.17) is 15.2 Å². The Morgan fingerprint density at radius 2 is 1.73 bits per heavy atom. The van der Waals surface area contributed by atoms with Crippen molar-refractivity contribution in [3.63, 3.8) is 0 Å². The standard InChI is InChI=1S/C25H24N2O5S/c1-16(28)31-14-8-13-19-15-33-24-20(26)23(29)27(24)21(19)25(30)32-22(17-9-4-2-5-10-17)18-11-6-3-7-12-18/h2-13,20,22,24H,14-15,26H2,1H3/b13-8+/t20?,24-/m1/s1. The van der Waals surface area contributed by atoms with Gasteiger partial charge in [-0.25, -0.2) is 4.79 Å². The molecule has 0 aromatic heterocycles. The van der Waals surface area contributed by atoms with Crippen molar-refractivity contribution in [2.75, 3.05) is 12.4 Å². The van der Waals surface area contributed by atoms with E-state index >= 15 is 0 Å². The number of nitrogens with two attached hydrogens (primary N) is 1. The zero-order chi connectivity index (χ0) is 23.4. The monoisotopic (exact) mass is 464 g/mol. The molecule has 7 nitrogen and oxygen atoms in total. The molecule has 8 heteroatoms. The quantitative estimate of drug-likeness (QED) is 0.497. The van der Waals surface area contributed by atoms with Gasteiger partial charge in [0.25, 0.3) is 0 Å². The number of hydrogen-bond donors (Lipinski definition) is 1. The van der Waals surface area contributed by atoms with Crippen LogP contribution in [0.3, 0.4) is 0 Å². The minimum Gasteiger partial charge on any atom is -0.462 e. The second-order valence-electron chi connectivity index (χ2n) is 7.62. The smallest absolute Gasteiger partial charge is 0.356 e. The Balaban J connectivity index is 1.66. The molecule has 0 saturated carbocycles. The summed E-state index contributed by atoms with van der Waals surface area (Å²) in [5, 5.41) is -0.308. The SMILES string of the molecule is CC(=O)OC/C=C/C1=C(C(=O)OC(c2ccccc2)c2ccccc2)N2C(=O)C(N)[C@H]2SC1. The average molecular weight is 465 g/mol. The lowest BCUT2D eigenvalue weighted by Crippen LogP contribution is -2.68. The molecular weight excluding hydrogens is 440 g/mol. The van der Waals surface area contributed by atoms with Crippen molar-refractivity contribution >= 4 is 29.6 Å². The van der Waals surface area contributed by atoms with E-state index in [-0.39, 0.29) is 23.6 Å². The molecular formula is C25H24N2O5S. The number of benzene rings is 2. The van der Waals surface area contributed by atoms with Crippen LogP contribution in [0.25, 0.3) is 0 Å². The predicted molar refractivity (Wildman–Crippen MR) is 125 cm³/mol. The van der Waals surface area contributed by atoms with Crippen LogP contribution < -0.4 is 5.73 Å². The largest absolute Gasteiger partial charge is 0.462 e. The summed E-state index contributed by atoms with van der Waals surface area (Å²) < 4.78 is 11.0. The maximum Gasteiger partial charge on any atom is 0.356 e. The third-order valence-electron chi connectivity index (χ3n) is 5.36. The van der Waals surface area contributed by atoms with E-state index in [9.17, 15) is 14.4 Å². The summed E-state index contributed by atoms with van der Waals surface area (Å²) in [6.45, 7) is 1.39. The third-order valence-corrected chi connectivity index (χ3v) is 6.69. The van der Waals surface area contributed by atoms with Gasteiger partial charge in [0.2, 0.25) is 5.91 Å². The van der Waals surface area contributed by atoms with Gasteiger partial charge in [-0.15, -0.1) is 11.8 Å². The Bertz CT molecular complexity index is 1060. The number of rotatable bonds is 7. The van der Waals surface area contributed by atoms with Gasteiger partial charge in [0.1, 0.15) is 23.7 Å². The lowest BCUT2D eigenvalue weighted by atomic mass is 10.0. The number of amides is 1. The van der Waals surface area contributed by atoms with Gasteiger partial charge >= 0.3 is 11.9 Å². The van der Waals surface area contributed by atoms with Crippen LogP contribution in [0.1, 0.15) is 24.2 Å². The molecule has 1 unspecified atom stereocenters. The normalized spacial score (nSPS) is 20.0. The Kier molecular flexibility index (Phi) is 6.96. The lowest BCUT2D eigenvalue weighted by molar-refractivity contribution is -0.153. The average Bonchev–Trinajstić information content (AvgIpc) is 2.85. The molecule has 2 aliphatic rings. The van der Waals surface area contributed by atoms with E-state index in [1.54, 1.807) is 12.2 Å². The molecule has 1 amide bonds. The van der Waals surface area contributed by atoms with Crippen LogP contribution >= 0.6 is 11.8 Å². The van der Waals surface area contributed by atoms with Gasteiger partial charge in [-0.1, -0.05) is 66.7 Å². The van der Waals surface area contributed by atoms with Crippen LogP contribution in [0.2, 0.25) is 0 Å². The Morgan fingerprint density at radius 3 is 2.30 bits per heavy atom. The number of hydrogen-bond acceptors (Lipinski definition) is 7. The van der Waals surface area contributed by atoms with E-state index in [0.29, 0.717) is 11.3 Å². The van der Waals surface area contributed by atoms with Crippen LogP contribution in [-0.2, 0) is 23.9 Å². The van der Waals surface area contributed by atoms with Crippen molar-refractivity contribution in [1.29, 1.82) is 0 Å². The highest BCUT2D eigenvalue weighted by Crippen LogP contribution is 2.41. The maximum atomic E-state index is 13.5. The number of allylic oxidation sites excluding steroid dienone is 1. The van der Waals surface area contributed by atoms with Gasteiger partial charge in [-0.2, -0.15) is 0 Å². The summed E-state index contributed by atoms with van der Waals surface area (Å²) in [4.78, 5) is 38.5. The van der Waals surface area contributed by atoms with Crippen molar-refractivity contribution in [1.82, 2.24) is 4.90 Å². The molecule has 2 N–H and O–H groups in total. The van der Waals surface area contributed by atoms with E-state index in [1.165, 1.54) is 23.6 Å². The summed E-state index contributed by atoms with van der Waals surface area (Å²) in [6, 6.07) is 18.2. The Labute approximate surface area is 196 Å². The van der Waals surface area contributed by atoms with Gasteiger partial charge in [-0.3, -0.25) is 14.5 Å². The highest BCUT2D eigenvalue weighted by Gasteiger charge is 2.52. The van der Waals surface area contributed by atoms with Gasteiger partial charge < -0.3 is 15.2 Å². The first-order chi connectivity index (χ1) is 16.0. The fraction of sp³-hybridized carbons (Fsp3) is 0.240. The molecule has 1 fully saturated rings. The number of fused-ring (bicyclic) bond motifs is 1. The number of carbonyl (C=O) groups is 3. The van der Waals surface area contributed by atoms with E-state index in [1.807, 2.05) is 60.7 Å². The molecule has 2 heterocycles. The molecule has 2 aromatic rings. The first-order valence-corrected chi connectivity index (χ1v) is 11.6. The summed E-state index contributed by atoms with van der Waals surface area (Å²) in [7, 11) is 0. The molecule has 4 rings (SSSR count). The highest BCUT2D eigenvalue weighted by molar-refractivity contribution is 8.00. The van der Waals surface area contributed by atoms with Gasteiger partial charge in [0.15, 0.2) is 6.10 Å². The number of nitrogens with zero attached hydrogens (tertiary/aromatic N) is 1. The van der Waals surface area contributed by atoms with Crippen molar-refractivity contribution in [2.45, 2.75) is 24.4 Å². The van der Waals surface area contributed by atoms with Crippen molar-refractivity contribution in [3.05, 3.63) is 95.2 Å². The predicted octanol–water partition coefficient (Wildman–Crippen LogP) is 2.94. The minimum atomic E-state index is -0.650. The molecule has 0 bridgehead atoms. The molecule has 1 saturated heterocycles. The number of thioether (sulfide) groups is 1. The topological polar surface area (TPSA) is 98.9 Å². The van der Waals surface area contributed by atoms with Crippen molar-refractivity contribution in [2.24, 2.45) is 5.73 Å². The zero-order valence-electron chi connectivity index (χ0n) is 18.0. The van der Waals surface area contributed by atoms with Crippen LogP contribution in [0.5, 0.6) is 0 Å². The number of β-lactam (4-membered cyclic amide) rings is 1. The highest BCUT2D eigenvalue weighted by atomic mass is 32.2. The van der Waals surface area contributed by atoms with Gasteiger partial charge in [0.05, 0.1) is 0 Å². The second-order valence-corrected chi connectivity index (χ2v) is 8.73. The summed E-state index contributed by atoms with van der Waals surface area (Å²) in [6.07, 6.45) is 2.69. The zero-order valence-corrected chi connectivity index (χ0v) is 18.9. The van der Waals surface area contributed by atoms with Crippen LogP contribution in [0.15, 0.2) is 84.1 Å². The second kappa shape index (κ2) is 10.1. The molecule has 0 radical (unpaired) electrons. The van der Waals surface area contributed by atoms with E-state index in [2.05, 4.69) is 0 Å². The maximum absolute atomic E-state index is 13.5. The van der Waals surface area contributed by atoms with Crippen LogP contribution in [0, 0.1) is 0 Å². The molecule has 33 heavy (non-hydrogen) atoms. The lowest BCUT2D eigenvalue weighted by Gasteiger charge is -2.48. The summed E-state index contributed by atoms with van der Waals surface area (Å²) in [5.74, 6) is -0.847. The third kappa shape index (κ3) is 4.86. The Hall–Kier alpha value is -3.36. The first-order valence-electron chi connectivity index (χ1n) is 10.5. The molecule has 2 aliphatic heterocycles. The molecule has 2 aromatic carbocycles. The fourth-order valence-electron chi connectivity index (χ4n) is 3.76.